The summed E-state index contributed by atoms with van der Waals surface area (Å²) in [5, 5.41) is 16.5. The SMILES string of the molecule is COC(=O)c1cc([N+](=O)[O-])ccc1NCCNC(=O)c1ccccc1. The summed E-state index contributed by atoms with van der Waals surface area (Å²) in [6.45, 7) is 0.645. The van der Waals surface area contributed by atoms with Crippen molar-refractivity contribution in [3.63, 3.8) is 0 Å². The number of hydrogen-bond acceptors (Lipinski definition) is 6. The number of anilines is 1. The number of ether oxygens (including phenoxy) is 1. The Morgan fingerprint density at radius 3 is 2.48 bits per heavy atom. The molecule has 8 heteroatoms. The van der Waals surface area contributed by atoms with Gasteiger partial charge in [-0.05, 0) is 18.2 Å². The summed E-state index contributed by atoms with van der Waals surface area (Å²) < 4.78 is 4.64. The zero-order valence-corrected chi connectivity index (χ0v) is 13.5. The average molecular weight is 343 g/mol. The Kier molecular flexibility index (Phi) is 6.05. The second-order valence-electron chi connectivity index (χ2n) is 5.03. The van der Waals surface area contributed by atoms with Crippen LogP contribution in [0.1, 0.15) is 20.7 Å². The van der Waals surface area contributed by atoms with E-state index in [-0.39, 0.29) is 17.2 Å². The number of nitro groups is 1. The minimum Gasteiger partial charge on any atom is -0.465 e. The number of methoxy groups -OCH3 is 1. The molecule has 2 rings (SSSR count). The fraction of sp³-hybridized carbons (Fsp3) is 0.176. The zero-order valence-electron chi connectivity index (χ0n) is 13.5. The molecule has 0 aliphatic rings. The molecule has 130 valence electrons. The molecule has 0 spiro atoms. The molecule has 2 N–H and O–H groups in total. The van der Waals surface area contributed by atoms with E-state index in [1.165, 1.54) is 19.2 Å². The standard InChI is InChI=1S/C17H17N3O5/c1-25-17(22)14-11-13(20(23)24)7-8-15(14)18-9-10-19-16(21)12-5-3-2-4-6-12/h2-8,11,18H,9-10H2,1H3,(H,19,21). The number of nitro benzene ring substituents is 1. The van der Waals surface area contributed by atoms with Gasteiger partial charge in [-0.1, -0.05) is 18.2 Å². The number of nitrogens with zero attached hydrogens (tertiary/aromatic N) is 1. The largest absolute Gasteiger partial charge is 0.465 e. The van der Waals surface area contributed by atoms with Crippen LogP contribution in [0.5, 0.6) is 0 Å². The van der Waals surface area contributed by atoms with Gasteiger partial charge in [0.15, 0.2) is 0 Å². The molecule has 0 bridgehead atoms. The first-order valence-corrected chi connectivity index (χ1v) is 7.47. The Bertz CT molecular complexity index is 777. The van der Waals surface area contributed by atoms with Crippen molar-refractivity contribution in [3.8, 4) is 0 Å². The van der Waals surface area contributed by atoms with Crippen LogP contribution in [0.25, 0.3) is 0 Å². The molecular weight excluding hydrogens is 326 g/mol. The lowest BCUT2D eigenvalue weighted by Gasteiger charge is -2.11. The van der Waals surface area contributed by atoms with Gasteiger partial charge in [0.25, 0.3) is 11.6 Å². The maximum atomic E-state index is 11.9. The number of carbonyl (C=O) groups excluding carboxylic acids is 2. The normalized spacial score (nSPS) is 9.96. The lowest BCUT2D eigenvalue weighted by molar-refractivity contribution is -0.384. The molecule has 2 aromatic carbocycles. The molecule has 0 unspecified atom stereocenters. The fourth-order valence-corrected chi connectivity index (χ4v) is 2.14. The van der Waals surface area contributed by atoms with Crippen molar-refractivity contribution in [2.24, 2.45) is 0 Å². The van der Waals surface area contributed by atoms with Gasteiger partial charge in [-0.3, -0.25) is 14.9 Å². The molecule has 0 aliphatic heterocycles. The summed E-state index contributed by atoms with van der Waals surface area (Å²) in [5.41, 5.74) is 0.800. The highest BCUT2D eigenvalue weighted by atomic mass is 16.6. The molecule has 0 atom stereocenters. The van der Waals surface area contributed by atoms with Gasteiger partial charge in [0, 0.05) is 36.5 Å². The van der Waals surface area contributed by atoms with Gasteiger partial charge in [0.2, 0.25) is 0 Å². The van der Waals surface area contributed by atoms with E-state index in [1.807, 2.05) is 6.07 Å². The van der Waals surface area contributed by atoms with Crippen LogP contribution in [-0.2, 0) is 4.74 Å². The van der Waals surface area contributed by atoms with E-state index in [1.54, 1.807) is 24.3 Å². The fourth-order valence-electron chi connectivity index (χ4n) is 2.14. The molecule has 8 nitrogen and oxygen atoms in total. The first kappa shape index (κ1) is 17.9. The number of hydrogen-bond donors (Lipinski definition) is 2. The van der Waals surface area contributed by atoms with E-state index in [4.69, 9.17) is 0 Å². The summed E-state index contributed by atoms with van der Waals surface area (Å²) in [6, 6.07) is 12.6. The zero-order chi connectivity index (χ0) is 18.2. The molecule has 0 radical (unpaired) electrons. The van der Waals surface area contributed by atoms with Gasteiger partial charge in [0.05, 0.1) is 17.6 Å². The lowest BCUT2D eigenvalue weighted by Crippen LogP contribution is -2.29. The predicted octanol–water partition coefficient (Wildman–Crippen LogP) is 2.22. The Morgan fingerprint density at radius 2 is 1.84 bits per heavy atom. The maximum Gasteiger partial charge on any atom is 0.340 e. The van der Waals surface area contributed by atoms with E-state index in [0.717, 1.165) is 6.07 Å². The van der Waals surface area contributed by atoms with E-state index in [2.05, 4.69) is 15.4 Å². The van der Waals surface area contributed by atoms with Crippen molar-refractivity contribution in [3.05, 3.63) is 69.8 Å². The third-order valence-electron chi connectivity index (χ3n) is 3.38. The minimum absolute atomic E-state index is 0.0612. The Hall–Kier alpha value is -3.42. The Morgan fingerprint density at radius 1 is 1.12 bits per heavy atom. The second-order valence-corrected chi connectivity index (χ2v) is 5.03. The van der Waals surface area contributed by atoms with Crippen LogP contribution in [0.2, 0.25) is 0 Å². The number of nitrogens with one attached hydrogen (secondary N) is 2. The molecule has 0 saturated heterocycles. The average Bonchev–Trinajstić information content (AvgIpc) is 2.65. The van der Waals surface area contributed by atoms with Gasteiger partial charge in [-0.25, -0.2) is 4.79 Å². The van der Waals surface area contributed by atoms with Crippen LogP contribution in [0.15, 0.2) is 48.5 Å². The highest BCUT2D eigenvalue weighted by molar-refractivity contribution is 5.96. The molecule has 0 aromatic heterocycles. The van der Waals surface area contributed by atoms with E-state index < -0.39 is 10.9 Å². The lowest BCUT2D eigenvalue weighted by atomic mass is 10.1. The maximum absolute atomic E-state index is 11.9. The van der Waals surface area contributed by atoms with Gasteiger partial charge in [-0.2, -0.15) is 0 Å². The molecule has 2 aromatic rings. The van der Waals surface area contributed by atoms with Crippen LogP contribution in [-0.4, -0.2) is 37.0 Å². The minimum atomic E-state index is -0.681. The van der Waals surface area contributed by atoms with Gasteiger partial charge in [0.1, 0.15) is 0 Å². The smallest absolute Gasteiger partial charge is 0.340 e. The van der Waals surface area contributed by atoms with Crippen LogP contribution < -0.4 is 10.6 Å². The third kappa shape index (κ3) is 4.77. The topological polar surface area (TPSA) is 111 Å². The van der Waals surface area contributed by atoms with Crippen molar-refractivity contribution in [1.82, 2.24) is 5.32 Å². The first-order chi connectivity index (χ1) is 12.0. The van der Waals surface area contributed by atoms with Crippen molar-refractivity contribution < 1.29 is 19.2 Å². The second kappa shape index (κ2) is 8.44. The number of benzene rings is 2. The van der Waals surface area contributed by atoms with E-state index in [0.29, 0.717) is 24.3 Å². The quantitative estimate of drug-likeness (QED) is 0.345. The highest BCUT2D eigenvalue weighted by Gasteiger charge is 2.17. The van der Waals surface area contributed by atoms with Crippen LogP contribution in [0.3, 0.4) is 0 Å². The first-order valence-electron chi connectivity index (χ1n) is 7.47. The van der Waals surface area contributed by atoms with Gasteiger partial charge in [-0.15, -0.1) is 0 Å². The summed E-state index contributed by atoms with van der Waals surface area (Å²) >= 11 is 0. The summed E-state index contributed by atoms with van der Waals surface area (Å²) in [5.74, 6) is -0.890. The molecule has 0 fully saturated rings. The van der Waals surface area contributed by atoms with Crippen molar-refractivity contribution in [2.75, 3.05) is 25.5 Å². The molecule has 25 heavy (non-hydrogen) atoms. The molecule has 1 amide bonds. The number of non-ortho nitro benzene ring substituents is 1. The third-order valence-corrected chi connectivity index (χ3v) is 3.38. The van der Waals surface area contributed by atoms with Gasteiger partial charge >= 0.3 is 5.97 Å². The summed E-state index contributed by atoms with van der Waals surface area (Å²) in [4.78, 5) is 33.9. The molecule has 0 aliphatic carbocycles. The predicted molar refractivity (Wildman–Crippen MR) is 91.7 cm³/mol. The number of rotatable bonds is 7. The highest BCUT2D eigenvalue weighted by Crippen LogP contribution is 2.22. The Labute approximate surface area is 144 Å². The van der Waals surface area contributed by atoms with Crippen LogP contribution in [0, 0.1) is 10.1 Å². The van der Waals surface area contributed by atoms with Crippen LogP contribution in [0.4, 0.5) is 11.4 Å². The number of carbonyl (C=O) groups is 2. The van der Waals surface area contributed by atoms with E-state index >= 15 is 0 Å². The van der Waals surface area contributed by atoms with Crippen molar-refractivity contribution in [1.29, 1.82) is 0 Å². The monoisotopic (exact) mass is 343 g/mol. The van der Waals surface area contributed by atoms with E-state index in [9.17, 15) is 19.7 Å². The Balaban J connectivity index is 1.97. The van der Waals surface area contributed by atoms with Gasteiger partial charge < -0.3 is 15.4 Å². The molecule has 0 heterocycles. The van der Waals surface area contributed by atoms with Crippen molar-refractivity contribution in [2.45, 2.75) is 0 Å². The van der Waals surface area contributed by atoms with Crippen LogP contribution >= 0.6 is 0 Å². The number of amides is 1. The summed E-state index contributed by atoms with van der Waals surface area (Å²) in [7, 11) is 1.20. The molecular formula is C17H17N3O5. The number of esters is 1. The van der Waals surface area contributed by atoms with Crippen molar-refractivity contribution >= 4 is 23.3 Å². The summed E-state index contributed by atoms with van der Waals surface area (Å²) in [6.07, 6.45) is 0. The molecule has 0 saturated carbocycles.